The van der Waals surface area contributed by atoms with Gasteiger partial charge in [-0.05, 0) is 18.6 Å². The van der Waals surface area contributed by atoms with Gasteiger partial charge in [-0.15, -0.1) is 0 Å². The van der Waals surface area contributed by atoms with Gasteiger partial charge in [-0.1, -0.05) is 12.0 Å². The third kappa shape index (κ3) is 27.0. The fourth-order valence-electron chi connectivity index (χ4n) is 5.48. The van der Waals surface area contributed by atoms with Crippen LogP contribution in [-0.2, 0) is 71.4 Å². The Labute approximate surface area is 396 Å². The van der Waals surface area contributed by atoms with Gasteiger partial charge >= 0.3 is 12.1 Å². The Morgan fingerprint density at radius 2 is 1.06 bits per heavy atom. The fourth-order valence-corrected chi connectivity index (χ4v) is 5.48. The number of amides is 6. The third-order valence-electron chi connectivity index (χ3n) is 8.70. The molecule has 2 aliphatic rings. The second kappa shape index (κ2) is 37.8. The lowest BCUT2D eigenvalue weighted by molar-refractivity contribution is -0.181. The van der Waals surface area contributed by atoms with Gasteiger partial charge in [0.2, 0.25) is 0 Å². The van der Waals surface area contributed by atoms with Crippen LogP contribution in [0.2, 0.25) is 0 Å². The molecule has 0 fully saturated rings. The van der Waals surface area contributed by atoms with Crippen LogP contribution in [0.5, 0.6) is 0 Å². The molecular weight excluding hydrogens is 901 g/mol. The summed E-state index contributed by atoms with van der Waals surface area (Å²) in [5.74, 6) is -1.45. The number of hydrogen-bond acceptors (Lipinski definition) is 20. The molecule has 0 atom stereocenters. The number of carbonyl (C=O) groups is 5. The van der Waals surface area contributed by atoms with Crippen LogP contribution in [0.25, 0.3) is 6.08 Å². The molecule has 0 bridgehead atoms. The van der Waals surface area contributed by atoms with Crippen molar-refractivity contribution in [3.8, 4) is 0 Å². The number of imide groups is 1. The second-order valence-electron chi connectivity index (χ2n) is 14.0. The predicted molar refractivity (Wildman–Crippen MR) is 241 cm³/mol. The number of urea groups is 1. The molecule has 3 heterocycles. The topological polar surface area (TPSA) is 290 Å². The van der Waals surface area contributed by atoms with E-state index in [9.17, 15) is 24.0 Å². The van der Waals surface area contributed by atoms with Crippen molar-refractivity contribution >= 4 is 47.4 Å². The van der Waals surface area contributed by atoms with Gasteiger partial charge in [0.05, 0.1) is 151 Å². The van der Waals surface area contributed by atoms with Crippen LogP contribution in [0.15, 0.2) is 41.2 Å². The second-order valence-corrected chi connectivity index (χ2v) is 14.0. The minimum absolute atomic E-state index is 0.0959. The number of rotatable bonds is 41. The predicted octanol–water partition coefficient (Wildman–Crippen LogP) is 0.0590. The Hall–Kier alpha value is -5.19. The molecule has 0 spiro atoms. The largest absolute Gasteiger partial charge is 0.432 e. The highest BCUT2D eigenvalue weighted by Gasteiger charge is 2.28. The molecule has 0 aromatic carbocycles. The zero-order valence-corrected chi connectivity index (χ0v) is 38.9. The maximum Gasteiger partial charge on any atom is 0.432 e. The smallest absolute Gasteiger partial charge is 0.387 e. The summed E-state index contributed by atoms with van der Waals surface area (Å²) in [5.41, 5.74) is 7.83. The van der Waals surface area contributed by atoms with E-state index in [1.54, 1.807) is 24.5 Å². The van der Waals surface area contributed by atoms with Gasteiger partial charge in [-0.25, -0.2) is 19.6 Å². The number of hydroxylamine groups is 4. The van der Waals surface area contributed by atoms with Crippen molar-refractivity contribution in [2.24, 2.45) is 10.7 Å². The zero-order valence-electron chi connectivity index (χ0n) is 38.9. The number of fused-ring (bicyclic) bond motifs is 1. The Bertz CT molecular complexity index is 1690. The van der Waals surface area contributed by atoms with Crippen LogP contribution < -0.4 is 21.7 Å². The van der Waals surface area contributed by atoms with Crippen LogP contribution in [-0.4, -0.2) is 216 Å². The van der Waals surface area contributed by atoms with E-state index in [1.807, 2.05) is 6.92 Å². The highest BCUT2D eigenvalue weighted by molar-refractivity contribution is 6.12. The molecule has 68 heavy (non-hydrogen) atoms. The van der Waals surface area contributed by atoms with E-state index in [-0.39, 0.29) is 44.7 Å². The number of carbonyl (C=O) groups excluding carboxylic acids is 5. The number of aliphatic imine (C=N–C) groups is 1. The van der Waals surface area contributed by atoms with Crippen LogP contribution >= 0.6 is 0 Å². The number of ether oxygens (including phenoxy) is 10. The van der Waals surface area contributed by atoms with Gasteiger partial charge in [-0.3, -0.25) is 24.2 Å². The summed E-state index contributed by atoms with van der Waals surface area (Å²) in [6.07, 6.45) is 6.91. The van der Waals surface area contributed by atoms with Gasteiger partial charge in [-0.2, -0.15) is 0 Å². The summed E-state index contributed by atoms with van der Waals surface area (Å²) in [5, 5.41) is 9.42. The first-order chi connectivity index (χ1) is 33.3. The minimum atomic E-state index is -0.936. The standard InChI is InChI=1S/C43H68N8O17/c1-2-10-50(41(54)36-32-35-5-6-45-34-37(35)49-38(44)33-36)67-13-9-47-42(55)46-7-11-57-14-16-59-18-20-61-22-24-63-26-28-65-30-31-66-29-27-64-25-23-62-21-19-60-17-15-58-12-8-48-43(56)68-51-39(52)3-4-40(51)53/h3-6,32,34H,2,7-31,33H2,1H3,(H2,44,49)(H,48,56)(H2,46,47,55). The van der Waals surface area contributed by atoms with Gasteiger partial charge in [0, 0.05) is 62.1 Å². The molecule has 0 radical (unpaired) electrons. The van der Waals surface area contributed by atoms with E-state index < -0.39 is 17.9 Å². The molecule has 0 unspecified atom stereocenters. The Morgan fingerprint density at radius 3 is 1.51 bits per heavy atom. The highest BCUT2D eigenvalue weighted by atomic mass is 16.7. The number of nitrogens with zero attached hydrogens (tertiary/aromatic N) is 4. The lowest BCUT2D eigenvalue weighted by Crippen LogP contribution is -2.41. The van der Waals surface area contributed by atoms with E-state index in [1.165, 1.54) is 5.06 Å². The highest BCUT2D eigenvalue weighted by Crippen LogP contribution is 2.26. The lowest BCUT2D eigenvalue weighted by atomic mass is 10.1. The first kappa shape index (κ1) is 57.1. The average Bonchev–Trinajstić information content (AvgIpc) is 3.53. The van der Waals surface area contributed by atoms with Crippen molar-refractivity contribution in [2.45, 2.75) is 19.8 Å². The number of nitrogens with two attached hydrogens (primary N) is 1. The molecule has 1 aromatic heterocycles. The van der Waals surface area contributed by atoms with E-state index >= 15 is 0 Å². The molecule has 0 saturated heterocycles. The first-order valence-corrected chi connectivity index (χ1v) is 22.5. The third-order valence-corrected chi connectivity index (χ3v) is 8.70. The minimum Gasteiger partial charge on any atom is -0.387 e. The molecule has 1 aromatic rings. The normalized spacial score (nSPS) is 13.2. The van der Waals surface area contributed by atoms with Crippen molar-refractivity contribution < 1.29 is 81.0 Å². The van der Waals surface area contributed by atoms with Gasteiger partial charge in [0.15, 0.2) is 0 Å². The van der Waals surface area contributed by atoms with E-state index in [0.717, 1.165) is 17.7 Å². The lowest BCUT2D eigenvalue weighted by Gasteiger charge is -2.22. The summed E-state index contributed by atoms with van der Waals surface area (Å²) >= 11 is 0. The summed E-state index contributed by atoms with van der Waals surface area (Å²) in [4.78, 5) is 78.4. The van der Waals surface area contributed by atoms with Crippen molar-refractivity contribution in [3.63, 3.8) is 0 Å². The number of pyridine rings is 1. The first-order valence-electron chi connectivity index (χ1n) is 22.5. The van der Waals surface area contributed by atoms with Crippen LogP contribution in [0.3, 0.4) is 0 Å². The number of aromatic nitrogens is 1. The summed E-state index contributed by atoms with van der Waals surface area (Å²) in [7, 11) is 0. The SMILES string of the molecule is CCCN(OCCNC(=O)NCCOCCOCCOCCOCCOCCOCCOCCOCCOCCOCCNC(=O)ON1C(=O)C=CC1=O)C(=O)C1=Cc2ccncc2N=C(N)C1. The molecule has 25 nitrogen and oxygen atoms in total. The van der Waals surface area contributed by atoms with Crippen molar-refractivity contribution in [1.29, 1.82) is 0 Å². The molecule has 25 heteroatoms. The monoisotopic (exact) mass is 968 g/mol. The van der Waals surface area contributed by atoms with Crippen LogP contribution in [0, 0.1) is 0 Å². The molecule has 2 aliphatic heterocycles. The van der Waals surface area contributed by atoms with Crippen molar-refractivity contribution in [1.82, 2.24) is 31.1 Å². The number of hydrogen-bond donors (Lipinski definition) is 4. The van der Waals surface area contributed by atoms with Gasteiger partial charge < -0.3 is 73.9 Å². The summed E-state index contributed by atoms with van der Waals surface area (Å²) in [6.45, 7) is 10.9. The maximum atomic E-state index is 13.3. The number of amidine groups is 1. The Morgan fingerprint density at radius 1 is 0.632 bits per heavy atom. The summed E-state index contributed by atoms with van der Waals surface area (Å²) in [6, 6.07) is 1.39. The van der Waals surface area contributed by atoms with Crippen molar-refractivity contribution in [2.75, 3.05) is 165 Å². The molecular formula is C43H68N8O17. The van der Waals surface area contributed by atoms with Gasteiger partial charge in [0.1, 0.15) is 5.84 Å². The quantitative estimate of drug-likeness (QED) is 0.0383. The molecule has 6 amide bonds. The average molecular weight is 969 g/mol. The number of nitrogens with one attached hydrogen (secondary N) is 3. The van der Waals surface area contributed by atoms with E-state index in [4.69, 9.17) is 57.9 Å². The Balaban J connectivity index is 0.958. The molecule has 0 aliphatic carbocycles. The molecule has 3 rings (SSSR count). The molecule has 382 valence electrons. The van der Waals surface area contributed by atoms with Crippen LogP contribution in [0.1, 0.15) is 25.3 Å². The molecule has 0 saturated carbocycles. The maximum absolute atomic E-state index is 13.3. The summed E-state index contributed by atoms with van der Waals surface area (Å²) < 4.78 is 54.6. The Kier molecular flexibility index (Phi) is 31.7. The fraction of sp³-hybridized carbons (Fsp3) is 0.651. The van der Waals surface area contributed by atoms with E-state index in [0.29, 0.717) is 167 Å². The molecule has 5 N–H and O–H groups in total. The van der Waals surface area contributed by atoms with Crippen LogP contribution in [0.4, 0.5) is 15.3 Å². The van der Waals surface area contributed by atoms with Crippen molar-refractivity contribution in [3.05, 3.63) is 41.7 Å². The van der Waals surface area contributed by atoms with E-state index in [2.05, 4.69) is 30.8 Å². The van der Waals surface area contributed by atoms with Gasteiger partial charge in [0.25, 0.3) is 17.7 Å². The zero-order chi connectivity index (χ0) is 48.7.